The first-order chi connectivity index (χ1) is 10.8. The molecule has 1 unspecified atom stereocenters. The summed E-state index contributed by atoms with van der Waals surface area (Å²) >= 11 is 0. The molecule has 0 bridgehead atoms. The van der Waals surface area contributed by atoms with Crippen LogP contribution in [0.25, 0.3) is 0 Å². The highest BCUT2D eigenvalue weighted by Gasteiger charge is 2.20. The van der Waals surface area contributed by atoms with Gasteiger partial charge >= 0.3 is 0 Å². The second-order valence-corrected chi connectivity index (χ2v) is 5.93. The van der Waals surface area contributed by atoms with Gasteiger partial charge in [-0.2, -0.15) is 0 Å². The second kappa shape index (κ2) is 5.44. The fourth-order valence-corrected chi connectivity index (χ4v) is 3.01. The van der Waals surface area contributed by atoms with Crippen molar-refractivity contribution in [3.63, 3.8) is 0 Å². The van der Waals surface area contributed by atoms with Crippen molar-refractivity contribution in [3.8, 4) is 11.5 Å². The van der Waals surface area contributed by atoms with Crippen molar-refractivity contribution < 1.29 is 9.47 Å². The third kappa shape index (κ3) is 2.56. The molecule has 0 radical (unpaired) electrons. The first-order valence-corrected chi connectivity index (χ1v) is 7.79. The summed E-state index contributed by atoms with van der Waals surface area (Å²) < 4.78 is 11.8. The van der Waals surface area contributed by atoms with E-state index in [-0.39, 0.29) is 6.10 Å². The first-order valence-electron chi connectivity index (χ1n) is 7.79. The molecule has 2 heterocycles. The third-order valence-electron chi connectivity index (χ3n) is 4.13. The molecule has 0 saturated carbocycles. The van der Waals surface area contributed by atoms with E-state index in [2.05, 4.69) is 47.9 Å². The van der Waals surface area contributed by atoms with Gasteiger partial charge in [-0.05, 0) is 42.3 Å². The van der Waals surface area contributed by atoms with Gasteiger partial charge in [-0.15, -0.1) is 0 Å². The summed E-state index contributed by atoms with van der Waals surface area (Å²) in [6.45, 7) is 4.52. The predicted molar refractivity (Wildman–Crippen MR) is 88.2 cm³/mol. The van der Waals surface area contributed by atoms with E-state index in [1.807, 2.05) is 6.07 Å². The summed E-state index contributed by atoms with van der Waals surface area (Å²) in [5, 5.41) is 6.81. The Balaban J connectivity index is 1.49. The van der Waals surface area contributed by atoms with Crippen LogP contribution >= 0.6 is 0 Å². The Kier molecular flexibility index (Phi) is 3.29. The van der Waals surface area contributed by atoms with E-state index in [1.54, 1.807) is 0 Å². The number of aryl methyl sites for hydroxylation is 1. The molecule has 4 heteroatoms. The van der Waals surface area contributed by atoms with Gasteiger partial charge in [0, 0.05) is 13.0 Å². The average Bonchev–Trinajstić information content (AvgIpc) is 2.55. The molecular formula is C18H20N2O2. The number of rotatable bonds is 2. The molecule has 1 atom stereocenters. The summed E-state index contributed by atoms with van der Waals surface area (Å²) in [6.07, 6.45) is 1.02. The molecule has 4 rings (SSSR count). The fourth-order valence-electron chi connectivity index (χ4n) is 3.01. The molecule has 22 heavy (non-hydrogen) atoms. The number of hydrogen-bond donors (Lipinski definition) is 2. The minimum Gasteiger partial charge on any atom is -0.490 e. The van der Waals surface area contributed by atoms with Crippen molar-refractivity contribution in [2.45, 2.75) is 19.4 Å². The van der Waals surface area contributed by atoms with Crippen LogP contribution in [0.4, 0.5) is 11.4 Å². The summed E-state index contributed by atoms with van der Waals surface area (Å²) in [4.78, 5) is 0. The van der Waals surface area contributed by atoms with Crippen molar-refractivity contribution in [1.82, 2.24) is 0 Å². The van der Waals surface area contributed by atoms with Gasteiger partial charge in [-0.1, -0.05) is 12.1 Å². The van der Waals surface area contributed by atoms with E-state index in [9.17, 15) is 0 Å². The number of nitrogens with one attached hydrogen (secondary N) is 2. The van der Waals surface area contributed by atoms with Gasteiger partial charge in [0.1, 0.15) is 24.2 Å². The van der Waals surface area contributed by atoms with Crippen molar-refractivity contribution in [2.24, 2.45) is 0 Å². The second-order valence-electron chi connectivity index (χ2n) is 5.93. The maximum absolute atomic E-state index is 6.12. The molecule has 114 valence electrons. The quantitative estimate of drug-likeness (QED) is 0.893. The van der Waals surface area contributed by atoms with Crippen LogP contribution in [0.5, 0.6) is 11.5 Å². The Morgan fingerprint density at radius 1 is 1.05 bits per heavy atom. The molecule has 0 aliphatic carbocycles. The van der Waals surface area contributed by atoms with E-state index >= 15 is 0 Å². The molecule has 0 amide bonds. The molecule has 2 N–H and O–H groups in total. The highest BCUT2D eigenvalue weighted by atomic mass is 16.5. The van der Waals surface area contributed by atoms with E-state index in [0.717, 1.165) is 49.0 Å². The topological polar surface area (TPSA) is 42.5 Å². The lowest BCUT2D eigenvalue weighted by atomic mass is 10.0. The molecule has 0 fully saturated rings. The lowest BCUT2D eigenvalue weighted by molar-refractivity contribution is 0.206. The van der Waals surface area contributed by atoms with Gasteiger partial charge in [-0.3, -0.25) is 0 Å². The van der Waals surface area contributed by atoms with Crippen molar-refractivity contribution in [3.05, 3.63) is 47.5 Å². The van der Waals surface area contributed by atoms with Gasteiger partial charge < -0.3 is 20.1 Å². The highest BCUT2D eigenvalue weighted by Crippen LogP contribution is 2.32. The molecule has 0 spiro atoms. The standard InChI is InChI=1S/C18H20N2O2/c1-12-2-5-17-16(8-12)20-11-14(22-17)9-13-3-4-15-18(10-13)21-7-6-19-15/h2-5,8,10,14,19-20H,6-7,9,11H2,1H3. The SMILES string of the molecule is Cc1ccc2c(c1)NCC(Cc1ccc3c(c1)OCCN3)O2. The molecular weight excluding hydrogens is 276 g/mol. The summed E-state index contributed by atoms with van der Waals surface area (Å²) in [5.74, 6) is 1.89. The predicted octanol–water partition coefficient (Wildman–Crippen LogP) is 3.21. The molecule has 2 aliphatic heterocycles. The van der Waals surface area contributed by atoms with Gasteiger partial charge in [-0.25, -0.2) is 0 Å². The normalized spacial score (nSPS) is 18.9. The van der Waals surface area contributed by atoms with Crippen LogP contribution in [-0.4, -0.2) is 25.8 Å². The van der Waals surface area contributed by atoms with Gasteiger partial charge in [0.05, 0.1) is 17.9 Å². The van der Waals surface area contributed by atoms with Crippen molar-refractivity contribution in [2.75, 3.05) is 30.3 Å². The molecule has 2 aliphatic rings. The average molecular weight is 296 g/mol. The van der Waals surface area contributed by atoms with Gasteiger partial charge in [0.15, 0.2) is 0 Å². The molecule has 0 saturated heterocycles. The Morgan fingerprint density at radius 3 is 2.95 bits per heavy atom. The molecule has 0 aromatic heterocycles. The zero-order chi connectivity index (χ0) is 14.9. The monoisotopic (exact) mass is 296 g/mol. The molecule has 4 nitrogen and oxygen atoms in total. The number of fused-ring (bicyclic) bond motifs is 2. The Morgan fingerprint density at radius 2 is 2.00 bits per heavy atom. The van der Waals surface area contributed by atoms with Gasteiger partial charge in [0.2, 0.25) is 0 Å². The van der Waals surface area contributed by atoms with E-state index in [0.29, 0.717) is 0 Å². The maximum atomic E-state index is 6.12. The summed E-state index contributed by atoms with van der Waals surface area (Å²) in [5.41, 5.74) is 4.66. The number of ether oxygens (including phenoxy) is 2. The fraction of sp³-hybridized carbons (Fsp3) is 0.333. The number of benzene rings is 2. The minimum atomic E-state index is 0.143. The van der Waals surface area contributed by atoms with Crippen LogP contribution in [0, 0.1) is 6.92 Å². The Labute approximate surface area is 130 Å². The van der Waals surface area contributed by atoms with Crippen LogP contribution < -0.4 is 20.1 Å². The number of anilines is 2. The summed E-state index contributed by atoms with van der Waals surface area (Å²) in [6, 6.07) is 12.6. The van der Waals surface area contributed by atoms with Crippen LogP contribution in [-0.2, 0) is 6.42 Å². The molecule has 2 aromatic carbocycles. The van der Waals surface area contributed by atoms with Crippen molar-refractivity contribution in [1.29, 1.82) is 0 Å². The van der Waals surface area contributed by atoms with E-state index in [1.165, 1.54) is 11.1 Å². The van der Waals surface area contributed by atoms with Crippen LogP contribution in [0.2, 0.25) is 0 Å². The van der Waals surface area contributed by atoms with Crippen LogP contribution in [0.1, 0.15) is 11.1 Å². The lowest BCUT2D eigenvalue weighted by Gasteiger charge is -2.28. The first kappa shape index (κ1) is 13.3. The Bertz CT molecular complexity index is 699. The smallest absolute Gasteiger partial charge is 0.142 e. The third-order valence-corrected chi connectivity index (χ3v) is 4.13. The largest absolute Gasteiger partial charge is 0.490 e. The number of hydrogen-bond acceptors (Lipinski definition) is 4. The Hall–Kier alpha value is -2.36. The molecule has 2 aromatic rings. The minimum absolute atomic E-state index is 0.143. The lowest BCUT2D eigenvalue weighted by Crippen LogP contribution is -2.32. The highest BCUT2D eigenvalue weighted by molar-refractivity contribution is 5.60. The maximum Gasteiger partial charge on any atom is 0.142 e. The van der Waals surface area contributed by atoms with Crippen LogP contribution in [0.3, 0.4) is 0 Å². The summed E-state index contributed by atoms with van der Waals surface area (Å²) in [7, 11) is 0. The van der Waals surface area contributed by atoms with E-state index < -0.39 is 0 Å². The zero-order valence-electron chi connectivity index (χ0n) is 12.7. The zero-order valence-corrected chi connectivity index (χ0v) is 12.7. The van der Waals surface area contributed by atoms with Gasteiger partial charge in [0.25, 0.3) is 0 Å². The van der Waals surface area contributed by atoms with Crippen molar-refractivity contribution >= 4 is 11.4 Å². The van der Waals surface area contributed by atoms with E-state index in [4.69, 9.17) is 9.47 Å². The van der Waals surface area contributed by atoms with Crippen LogP contribution in [0.15, 0.2) is 36.4 Å².